The van der Waals surface area contributed by atoms with Crippen molar-refractivity contribution < 1.29 is 4.79 Å². The molecule has 0 aliphatic carbocycles. The van der Waals surface area contributed by atoms with Crippen LogP contribution in [0.3, 0.4) is 0 Å². The van der Waals surface area contributed by atoms with E-state index in [0.717, 1.165) is 28.1 Å². The molecule has 0 fully saturated rings. The van der Waals surface area contributed by atoms with Crippen molar-refractivity contribution in [3.63, 3.8) is 0 Å². The van der Waals surface area contributed by atoms with Crippen molar-refractivity contribution >= 4 is 22.6 Å². The third kappa shape index (κ3) is 2.21. The maximum atomic E-state index is 12.5. The van der Waals surface area contributed by atoms with Crippen molar-refractivity contribution in [2.45, 2.75) is 32.6 Å². The standard InChI is InChI=1S/C20H21N3O/c1-4-23-17-11-13(9-10-14(17)20(2,3)12-18(23)24)19-21-15-7-5-6-8-16(15)22-19/h5-11H,4,12H2,1-3H3,(H,21,22). The Morgan fingerprint density at radius 3 is 2.75 bits per heavy atom. The Balaban J connectivity index is 1.87. The summed E-state index contributed by atoms with van der Waals surface area (Å²) >= 11 is 0. The number of benzene rings is 2. The number of nitrogens with zero attached hydrogens (tertiary/aromatic N) is 2. The first-order valence-corrected chi connectivity index (χ1v) is 8.39. The van der Waals surface area contributed by atoms with E-state index < -0.39 is 0 Å². The number of carbonyl (C=O) groups excluding carboxylic acids is 1. The largest absolute Gasteiger partial charge is 0.338 e. The number of hydrogen-bond acceptors (Lipinski definition) is 2. The van der Waals surface area contributed by atoms with Crippen molar-refractivity contribution in [2.75, 3.05) is 11.4 Å². The Hall–Kier alpha value is -2.62. The molecule has 3 aromatic rings. The molecule has 0 atom stereocenters. The SMILES string of the molecule is CCN1C(=O)CC(C)(C)c2ccc(-c3nc4ccccc4[nH]3)cc21. The molecule has 1 amide bonds. The fourth-order valence-corrected chi connectivity index (χ4v) is 3.61. The minimum Gasteiger partial charge on any atom is -0.338 e. The number of nitrogens with one attached hydrogen (secondary N) is 1. The number of fused-ring (bicyclic) bond motifs is 2. The molecule has 4 heteroatoms. The Bertz CT molecular complexity index is 906. The molecule has 1 N–H and O–H groups in total. The van der Waals surface area contributed by atoms with Crippen LogP contribution in [0, 0.1) is 0 Å². The van der Waals surface area contributed by atoms with Crippen LogP contribution in [-0.4, -0.2) is 22.4 Å². The molecule has 122 valence electrons. The summed E-state index contributed by atoms with van der Waals surface area (Å²) in [6.07, 6.45) is 0.553. The minimum absolute atomic E-state index is 0.134. The highest BCUT2D eigenvalue weighted by Gasteiger charge is 2.36. The predicted molar refractivity (Wildman–Crippen MR) is 97.2 cm³/mol. The van der Waals surface area contributed by atoms with Crippen LogP contribution in [-0.2, 0) is 10.2 Å². The van der Waals surface area contributed by atoms with E-state index >= 15 is 0 Å². The number of anilines is 1. The van der Waals surface area contributed by atoms with Crippen LogP contribution in [0.25, 0.3) is 22.4 Å². The summed E-state index contributed by atoms with van der Waals surface area (Å²) in [5, 5.41) is 0. The number of para-hydroxylation sites is 2. The van der Waals surface area contributed by atoms with Crippen LogP contribution in [0.1, 0.15) is 32.8 Å². The van der Waals surface area contributed by atoms with E-state index in [4.69, 9.17) is 0 Å². The molecule has 0 saturated heterocycles. The summed E-state index contributed by atoms with van der Waals surface area (Å²) < 4.78 is 0. The van der Waals surface area contributed by atoms with E-state index in [1.165, 1.54) is 5.56 Å². The van der Waals surface area contributed by atoms with Crippen molar-refractivity contribution in [2.24, 2.45) is 0 Å². The van der Waals surface area contributed by atoms with E-state index in [2.05, 4.69) is 42.0 Å². The van der Waals surface area contributed by atoms with Crippen LogP contribution in [0.15, 0.2) is 42.5 Å². The summed E-state index contributed by atoms with van der Waals surface area (Å²) in [6, 6.07) is 14.3. The normalized spacial score (nSPS) is 16.5. The maximum Gasteiger partial charge on any atom is 0.227 e. The molecule has 0 unspecified atom stereocenters. The Morgan fingerprint density at radius 1 is 1.21 bits per heavy atom. The van der Waals surface area contributed by atoms with Gasteiger partial charge in [-0.2, -0.15) is 0 Å². The topological polar surface area (TPSA) is 49.0 Å². The third-order valence-corrected chi connectivity index (χ3v) is 4.89. The van der Waals surface area contributed by atoms with Gasteiger partial charge in [0, 0.05) is 29.6 Å². The van der Waals surface area contributed by atoms with Gasteiger partial charge >= 0.3 is 0 Å². The van der Waals surface area contributed by atoms with Crippen LogP contribution in [0.5, 0.6) is 0 Å². The quantitative estimate of drug-likeness (QED) is 0.767. The molecule has 0 spiro atoms. The number of aromatic amines is 1. The summed E-state index contributed by atoms with van der Waals surface area (Å²) in [7, 11) is 0. The summed E-state index contributed by atoms with van der Waals surface area (Å²) in [4.78, 5) is 22.4. The first-order valence-electron chi connectivity index (χ1n) is 8.39. The Morgan fingerprint density at radius 2 is 2.00 bits per heavy atom. The second-order valence-corrected chi connectivity index (χ2v) is 7.03. The highest BCUT2D eigenvalue weighted by Crippen LogP contribution is 2.41. The minimum atomic E-state index is -0.134. The zero-order valence-electron chi connectivity index (χ0n) is 14.3. The van der Waals surface area contributed by atoms with Gasteiger partial charge in [-0.3, -0.25) is 4.79 Å². The second-order valence-electron chi connectivity index (χ2n) is 7.03. The lowest BCUT2D eigenvalue weighted by Crippen LogP contribution is -2.41. The predicted octanol–water partition coefficient (Wildman–Crippen LogP) is 4.26. The monoisotopic (exact) mass is 319 g/mol. The van der Waals surface area contributed by atoms with Crippen LogP contribution < -0.4 is 4.90 Å². The van der Waals surface area contributed by atoms with Crippen LogP contribution in [0.2, 0.25) is 0 Å². The average Bonchev–Trinajstić information content (AvgIpc) is 2.98. The van der Waals surface area contributed by atoms with Gasteiger partial charge in [-0.15, -0.1) is 0 Å². The van der Waals surface area contributed by atoms with Gasteiger partial charge in [0.1, 0.15) is 5.82 Å². The zero-order chi connectivity index (χ0) is 16.9. The van der Waals surface area contributed by atoms with Gasteiger partial charge in [-0.05, 0) is 30.7 Å². The van der Waals surface area contributed by atoms with E-state index in [0.29, 0.717) is 13.0 Å². The van der Waals surface area contributed by atoms with E-state index in [9.17, 15) is 4.79 Å². The molecule has 0 saturated carbocycles. The number of aromatic nitrogens is 2. The summed E-state index contributed by atoms with van der Waals surface area (Å²) in [6.45, 7) is 6.98. The molecule has 2 heterocycles. The van der Waals surface area contributed by atoms with Gasteiger partial charge in [-0.1, -0.05) is 38.1 Å². The lowest BCUT2D eigenvalue weighted by Gasteiger charge is -2.38. The fourth-order valence-electron chi connectivity index (χ4n) is 3.61. The number of amides is 1. The van der Waals surface area contributed by atoms with Crippen molar-refractivity contribution in [3.05, 3.63) is 48.0 Å². The fraction of sp³-hybridized carbons (Fsp3) is 0.300. The molecule has 1 aromatic heterocycles. The molecule has 0 bridgehead atoms. The van der Waals surface area contributed by atoms with Gasteiger partial charge in [0.05, 0.1) is 11.0 Å². The van der Waals surface area contributed by atoms with Crippen LogP contribution >= 0.6 is 0 Å². The number of carbonyl (C=O) groups is 1. The van der Waals surface area contributed by atoms with Gasteiger partial charge in [0.25, 0.3) is 0 Å². The highest BCUT2D eigenvalue weighted by atomic mass is 16.2. The van der Waals surface area contributed by atoms with Crippen LogP contribution in [0.4, 0.5) is 5.69 Å². The van der Waals surface area contributed by atoms with Crippen molar-refractivity contribution in [3.8, 4) is 11.4 Å². The van der Waals surface area contributed by atoms with Crippen molar-refractivity contribution in [1.29, 1.82) is 0 Å². The first-order chi connectivity index (χ1) is 11.5. The molecular formula is C20H21N3O. The summed E-state index contributed by atoms with van der Waals surface area (Å²) in [5.41, 5.74) is 5.09. The number of H-pyrrole nitrogens is 1. The molecule has 1 aliphatic heterocycles. The molecular weight excluding hydrogens is 298 g/mol. The van der Waals surface area contributed by atoms with Gasteiger partial charge < -0.3 is 9.88 Å². The number of rotatable bonds is 2. The lowest BCUT2D eigenvalue weighted by atomic mass is 9.77. The Kier molecular flexibility index (Phi) is 3.23. The molecule has 2 aromatic carbocycles. The van der Waals surface area contributed by atoms with Gasteiger partial charge in [-0.25, -0.2) is 4.98 Å². The Labute approximate surface area is 141 Å². The van der Waals surface area contributed by atoms with E-state index in [1.807, 2.05) is 36.1 Å². The van der Waals surface area contributed by atoms with Gasteiger partial charge in [0.15, 0.2) is 0 Å². The first kappa shape index (κ1) is 14.9. The second kappa shape index (κ2) is 5.20. The lowest BCUT2D eigenvalue weighted by molar-refractivity contribution is -0.120. The molecule has 0 radical (unpaired) electrons. The highest BCUT2D eigenvalue weighted by molar-refractivity contribution is 5.98. The van der Waals surface area contributed by atoms with E-state index in [1.54, 1.807) is 0 Å². The number of imidazole rings is 1. The molecule has 4 nitrogen and oxygen atoms in total. The maximum absolute atomic E-state index is 12.5. The van der Waals surface area contributed by atoms with Gasteiger partial charge in [0.2, 0.25) is 5.91 Å². The van der Waals surface area contributed by atoms with Crippen molar-refractivity contribution in [1.82, 2.24) is 9.97 Å². The molecule has 4 rings (SSSR count). The third-order valence-electron chi connectivity index (χ3n) is 4.89. The van der Waals surface area contributed by atoms with E-state index in [-0.39, 0.29) is 11.3 Å². The smallest absolute Gasteiger partial charge is 0.227 e. The zero-order valence-corrected chi connectivity index (χ0v) is 14.3. The number of hydrogen-bond donors (Lipinski definition) is 1. The molecule has 1 aliphatic rings. The average molecular weight is 319 g/mol. The summed E-state index contributed by atoms with van der Waals surface area (Å²) in [5.74, 6) is 1.03. The molecule has 24 heavy (non-hydrogen) atoms.